The highest BCUT2D eigenvalue weighted by molar-refractivity contribution is 5.55. The monoisotopic (exact) mass is 333 g/mol. The Morgan fingerprint density at radius 3 is 2.84 bits per heavy atom. The first-order valence-electron chi connectivity index (χ1n) is 8.80. The van der Waals surface area contributed by atoms with Crippen LogP contribution in [0.4, 0.5) is 0 Å². The molecule has 5 nitrogen and oxygen atoms in total. The molecule has 1 unspecified atom stereocenters. The molecule has 0 N–H and O–H groups in total. The molecule has 4 rings (SSSR count). The number of hydrogen-bond acceptors (Lipinski definition) is 4. The molecule has 1 aliphatic heterocycles. The predicted molar refractivity (Wildman–Crippen MR) is 97.8 cm³/mol. The van der Waals surface area contributed by atoms with Crippen LogP contribution in [-0.2, 0) is 13.6 Å². The Morgan fingerprint density at radius 2 is 2.08 bits per heavy atom. The van der Waals surface area contributed by atoms with Crippen molar-refractivity contribution in [1.82, 2.24) is 24.4 Å². The maximum atomic E-state index is 4.57. The van der Waals surface area contributed by atoms with Crippen LogP contribution in [0.3, 0.4) is 0 Å². The summed E-state index contributed by atoms with van der Waals surface area (Å²) in [6.45, 7) is 4.09. The molecule has 3 aromatic heterocycles. The van der Waals surface area contributed by atoms with Crippen molar-refractivity contribution in [3.8, 4) is 11.4 Å². The van der Waals surface area contributed by atoms with Crippen LogP contribution in [0.25, 0.3) is 11.4 Å². The number of rotatable bonds is 4. The number of imidazole rings is 1. The van der Waals surface area contributed by atoms with Crippen molar-refractivity contribution in [3.05, 3.63) is 66.0 Å². The van der Waals surface area contributed by atoms with Crippen molar-refractivity contribution in [1.29, 1.82) is 0 Å². The second kappa shape index (κ2) is 6.76. The fourth-order valence-corrected chi connectivity index (χ4v) is 3.65. The van der Waals surface area contributed by atoms with Gasteiger partial charge in [-0.2, -0.15) is 0 Å². The molecule has 0 saturated carbocycles. The summed E-state index contributed by atoms with van der Waals surface area (Å²) in [5, 5.41) is 0. The van der Waals surface area contributed by atoms with Crippen LogP contribution < -0.4 is 0 Å². The van der Waals surface area contributed by atoms with Gasteiger partial charge in [0.15, 0.2) is 0 Å². The minimum absolute atomic E-state index is 0.441. The lowest BCUT2D eigenvalue weighted by Crippen LogP contribution is -2.22. The van der Waals surface area contributed by atoms with E-state index in [2.05, 4.69) is 42.6 Å². The molecule has 0 aliphatic carbocycles. The second-order valence-electron chi connectivity index (χ2n) is 6.71. The van der Waals surface area contributed by atoms with E-state index in [0.29, 0.717) is 6.04 Å². The van der Waals surface area contributed by atoms with Gasteiger partial charge in [0.2, 0.25) is 0 Å². The molecule has 1 fully saturated rings. The summed E-state index contributed by atoms with van der Waals surface area (Å²) < 4.78 is 2.09. The Labute approximate surface area is 148 Å². The molecule has 0 radical (unpaired) electrons. The third kappa shape index (κ3) is 3.20. The predicted octanol–water partition coefficient (Wildman–Crippen LogP) is 3.52. The fourth-order valence-electron chi connectivity index (χ4n) is 3.65. The Morgan fingerprint density at radius 1 is 1.16 bits per heavy atom. The van der Waals surface area contributed by atoms with E-state index in [4.69, 9.17) is 0 Å². The lowest BCUT2D eigenvalue weighted by molar-refractivity contribution is 0.248. The molecule has 3 aromatic rings. The third-order valence-corrected chi connectivity index (χ3v) is 5.12. The van der Waals surface area contributed by atoms with E-state index in [9.17, 15) is 0 Å². The van der Waals surface area contributed by atoms with E-state index in [1.54, 1.807) is 0 Å². The first kappa shape index (κ1) is 16.0. The maximum Gasteiger partial charge on any atom is 0.105 e. The summed E-state index contributed by atoms with van der Waals surface area (Å²) in [6.07, 6.45) is 10.0. The van der Waals surface area contributed by atoms with E-state index >= 15 is 0 Å². The van der Waals surface area contributed by atoms with Gasteiger partial charge in [-0.05, 0) is 55.6 Å². The summed E-state index contributed by atoms with van der Waals surface area (Å²) in [6, 6.07) is 8.98. The van der Waals surface area contributed by atoms with Gasteiger partial charge in [0.05, 0.1) is 17.6 Å². The first-order chi connectivity index (χ1) is 12.2. The van der Waals surface area contributed by atoms with Gasteiger partial charge in [-0.3, -0.25) is 14.9 Å². The SMILES string of the molecule is Cc1ncc(-c2cc(C3CCCN3Cc3cccnc3)ccn2)n1C. The van der Waals surface area contributed by atoms with Gasteiger partial charge in [0.1, 0.15) is 5.82 Å². The average Bonchev–Trinajstić information content (AvgIpc) is 3.23. The largest absolute Gasteiger partial charge is 0.330 e. The zero-order valence-corrected chi connectivity index (χ0v) is 14.8. The molecule has 128 valence electrons. The van der Waals surface area contributed by atoms with E-state index in [1.165, 1.54) is 24.0 Å². The highest BCUT2D eigenvalue weighted by Crippen LogP contribution is 2.34. The van der Waals surface area contributed by atoms with E-state index in [1.807, 2.05) is 44.8 Å². The van der Waals surface area contributed by atoms with Crippen LogP contribution in [-0.4, -0.2) is 31.0 Å². The van der Waals surface area contributed by atoms with Gasteiger partial charge >= 0.3 is 0 Å². The minimum atomic E-state index is 0.441. The Kier molecular flexibility index (Phi) is 4.32. The van der Waals surface area contributed by atoms with E-state index in [-0.39, 0.29) is 0 Å². The number of nitrogens with zero attached hydrogens (tertiary/aromatic N) is 5. The first-order valence-corrected chi connectivity index (χ1v) is 8.80. The van der Waals surface area contributed by atoms with Crippen LogP contribution in [0.2, 0.25) is 0 Å². The van der Waals surface area contributed by atoms with E-state index < -0.39 is 0 Å². The quantitative estimate of drug-likeness (QED) is 0.733. The number of aromatic nitrogens is 4. The molecule has 1 aliphatic rings. The molecular formula is C20H23N5. The van der Waals surface area contributed by atoms with Crippen LogP contribution in [0.5, 0.6) is 0 Å². The Balaban J connectivity index is 1.60. The Hall–Kier alpha value is -2.53. The molecule has 4 heterocycles. The standard InChI is InChI=1S/C20H23N5/c1-15-23-13-20(24(15)2)18-11-17(7-9-22-18)19-6-4-10-25(19)14-16-5-3-8-21-12-16/h3,5,7-9,11-13,19H,4,6,10,14H2,1-2H3. The lowest BCUT2D eigenvalue weighted by Gasteiger charge is -2.25. The van der Waals surface area contributed by atoms with Crippen LogP contribution in [0, 0.1) is 6.92 Å². The summed E-state index contributed by atoms with van der Waals surface area (Å²) in [7, 11) is 2.04. The average molecular weight is 333 g/mol. The minimum Gasteiger partial charge on any atom is -0.330 e. The van der Waals surface area contributed by atoms with Crippen LogP contribution >= 0.6 is 0 Å². The van der Waals surface area contributed by atoms with Gasteiger partial charge in [0, 0.05) is 38.2 Å². The number of aryl methyl sites for hydroxylation is 1. The van der Waals surface area contributed by atoms with Crippen LogP contribution in [0.1, 0.15) is 35.8 Å². The number of hydrogen-bond donors (Lipinski definition) is 0. The molecule has 1 saturated heterocycles. The highest BCUT2D eigenvalue weighted by Gasteiger charge is 2.26. The molecule has 25 heavy (non-hydrogen) atoms. The second-order valence-corrected chi connectivity index (χ2v) is 6.71. The Bertz CT molecular complexity index is 856. The highest BCUT2D eigenvalue weighted by atomic mass is 15.2. The molecule has 0 spiro atoms. The van der Waals surface area contributed by atoms with Gasteiger partial charge in [-0.15, -0.1) is 0 Å². The molecule has 5 heteroatoms. The fraction of sp³-hybridized carbons (Fsp3) is 0.350. The lowest BCUT2D eigenvalue weighted by atomic mass is 10.0. The molecular weight excluding hydrogens is 310 g/mol. The number of likely N-dealkylation sites (tertiary alicyclic amines) is 1. The van der Waals surface area contributed by atoms with Gasteiger partial charge in [0.25, 0.3) is 0 Å². The molecule has 0 aromatic carbocycles. The summed E-state index contributed by atoms with van der Waals surface area (Å²) >= 11 is 0. The molecule has 0 bridgehead atoms. The van der Waals surface area contributed by atoms with Crippen LogP contribution in [0.15, 0.2) is 49.1 Å². The van der Waals surface area contributed by atoms with Crippen molar-refractivity contribution in [2.24, 2.45) is 7.05 Å². The maximum absolute atomic E-state index is 4.57. The zero-order valence-electron chi connectivity index (χ0n) is 14.8. The molecule has 0 amide bonds. The van der Waals surface area contributed by atoms with Gasteiger partial charge in [-0.25, -0.2) is 4.98 Å². The van der Waals surface area contributed by atoms with Crippen molar-refractivity contribution in [3.63, 3.8) is 0 Å². The number of pyridine rings is 2. The molecule has 1 atom stereocenters. The topological polar surface area (TPSA) is 46.8 Å². The van der Waals surface area contributed by atoms with Crippen molar-refractivity contribution < 1.29 is 0 Å². The normalized spacial score (nSPS) is 17.9. The summed E-state index contributed by atoms with van der Waals surface area (Å²) in [5.41, 5.74) is 4.67. The zero-order chi connectivity index (χ0) is 17.2. The summed E-state index contributed by atoms with van der Waals surface area (Å²) in [4.78, 5) is 15.8. The van der Waals surface area contributed by atoms with Crippen molar-refractivity contribution in [2.75, 3.05) is 6.54 Å². The third-order valence-electron chi connectivity index (χ3n) is 5.12. The van der Waals surface area contributed by atoms with E-state index in [0.717, 1.165) is 30.3 Å². The van der Waals surface area contributed by atoms with Crippen molar-refractivity contribution in [2.45, 2.75) is 32.4 Å². The van der Waals surface area contributed by atoms with Crippen molar-refractivity contribution >= 4 is 0 Å². The summed E-state index contributed by atoms with van der Waals surface area (Å²) in [5.74, 6) is 1.00. The van der Waals surface area contributed by atoms with Gasteiger partial charge < -0.3 is 4.57 Å². The van der Waals surface area contributed by atoms with Gasteiger partial charge in [-0.1, -0.05) is 6.07 Å². The smallest absolute Gasteiger partial charge is 0.105 e.